The third-order valence-corrected chi connectivity index (χ3v) is 3.10. The summed E-state index contributed by atoms with van der Waals surface area (Å²) in [5.41, 5.74) is 3.90. The van der Waals surface area contributed by atoms with Gasteiger partial charge in [0.2, 0.25) is 0 Å². The molecule has 0 aliphatic carbocycles. The molecule has 0 aliphatic heterocycles. The molecule has 0 bridgehead atoms. The van der Waals surface area contributed by atoms with Crippen LogP contribution in [0, 0.1) is 13.8 Å². The van der Waals surface area contributed by atoms with E-state index in [2.05, 4.69) is 22.2 Å². The van der Waals surface area contributed by atoms with E-state index in [1.807, 2.05) is 38.1 Å². The van der Waals surface area contributed by atoms with Gasteiger partial charge in [-0.3, -0.25) is 4.79 Å². The summed E-state index contributed by atoms with van der Waals surface area (Å²) in [7, 11) is 0. The Morgan fingerprint density at radius 1 is 1.16 bits per heavy atom. The lowest BCUT2D eigenvalue weighted by Crippen LogP contribution is -2.17. The first-order valence-corrected chi connectivity index (χ1v) is 6.31. The van der Waals surface area contributed by atoms with Crippen LogP contribution < -0.4 is 5.32 Å². The molecule has 1 heterocycles. The number of hydrogen-bond donors (Lipinski definition) is 1. The van der Waals surface area contributed by atoms with Crippen LogP contribution in [-0.2, 0) is 6.42 Å². The van der Waals surface area contributed by atoms with E-state index in [4.69, 9.17) is 0 Å². The molecule has 0 atom stereocenters. The van der Waals surface area contributed by atoms with Gasteiger partial charge in [-0.05, 0) is 31.9 Å². The van der Waals surface area contributed by atoms with E-state index in [1.54, 1.807) is 0 Å². The zero-order valence-corrected chi connectivity index (χ0v) is 11.4. The summed E-state index contributed by atoms with van der Waals surface area (Å²) in [5.74, 6) is -0.156. The van der Waals surface area contributed by atoms with E-state index in [9.17, 15) is 4.79 Å². The van der Waals surface area contributed by atoms with Crippen LogP contribution in [0.15, 0.2) is 30.6 Å². The molecule has 4 nitrogen and oxygen atoms in total. The average molecular weight is 255 g/mol. The minimum absolute atomic E-state index is 0.156. The van der Waals surface area contributed by atoms with Crippen LogP contribution in [0.1, 0.15) is 34.2 Å². The van der Waals surface area contributed by atoms with Gasteiger partial charge >= 0.3 is 0 Å². The number of carbonyl (C=O) groups excluding carboxylic acids is 1. The molecule has 2 rings (SSSR count). The van der Waals surface area contributed by atoms with Crippen LogP contribution in [0.3, 0.4) is 0 Å². The van der Waals surface area contributed by atoms with Gasteiger partial charge in [0.15, 0.2) is 0 Å². The standard InChI is InChI=1S/C15H17N3O/c1-4-12-7-5-6-8-13(12)18-15(19)14-10(2)16-9-17-11(14)3/h5-9H,4H2,1-3H3,(H,18,19). The normalized spacial score (nSPS) is 10.3. The second-order valence-corrected chi connectivity index (χ2v) is 4.38. The van der Waals surface area contributed by atoms with Crippen molar-refractivity contribution in [3.63, 3.8) is 0 Å². The SMILES string of the molecule is CCc1ccccc1NC(=O)c1c(C)ncnc1C. The average Bonchev–Trinajstić information content (AvgIpc) is 2.39. The number of carbonyl (C=O) groups is 1. The Hall–Kier alpha value is -2.23. The molecule has 0 fully saturated rings. The molecule has 19 heavy (non-hydrogen) atoms. The van der Waals surface area contributed by atoms with Crippen molar-refractivity contribution < 1.29 is 4.79 Å². The Bertz CT molecular complexity index is 588. The lowest BCUT2D eigenvalue weighted by molar-refractivity contribution is 0.102. The molecule has 0 saturated carbocycles. The van der Waals surface area contributed by atoms with E-state index >= 15 is 0 Å². The van der Waals surface area contributed by atoms with Gasteiger partial charge in [0.25, 0.3) is 5.91 Å². The Labute approximate surface area is 112 Å². The smallest absolute Gasteiger partial charge is 0.259 e. The maximum Gasteiger partial charge on any atom is 0.259 e. The quantitative estimate of drug-likeness (QED) is 0.917. The van der Waals surface area contributed by atoms with E-state index in [0.29, 0.717) is 17.0 Å². The molecule has 1 amide bonds. The summed E-state index contributed by atoms with van der Waals surface area (Å²) in [4.78, 5) is 20.5. The highest BCUT2D eigenvalue weighted by atomic mass is 16.1. The molecule has 4 heteroatoms. The molecule has 0 aliphatic rings. The summed E-state index contributed by atoms with van der Waals surface area (Å²) in [5, 5.41) is 2.94. The van der Waals surface area contributed by atoms with Crippen molar-refractivity contribution >= 4 is 11.6 Å². The van der Waals surface area contributed by atoms with Crippen molar-refractivity contribution in [3.05, 3.63) is 53.1 Å². The molecule has 98 valence electrons. The first-order valence-electron chi connectivity index (χ1n) is 6.31. The van der Waals surface area contributed by atoms with Crippen LogP contribution in [0.4, 0.5) is 5.69 Å². The summed E-state index contributed by atoms with van der Waals surface area (Å²) in [6.07, 6.45) is 2.35. The van der Waals surface area contributed by atoms with Crippen molar-refractivity contribution in [3.8, 4) is 0 Å². The minimum atomic E-state index is -0.156. The Balaban J connectivity index is 2.31. The number of aromatic nitrogens is 2. The number of aryl methyl sites for hydroxylation is 3. The highest BCUT2D eigenvalue weighted by molar-refractivity contribution is 6.06. The molecule has 1 aromatic carbocycles. The monoisotopic (exact) mass is 255 g/mol. The van der Waals surface area contributed by atoms with E-state index in [0.717, 1.165) is 17.7 Å². The van der Waals surface area contributed by atoms with E-state index in [-0.39, 0.29) is 5.91 Å². The van der Waals surface area contributed by atoms with E-state index in [1.165, 1.54) is 6.33 Å². The fourth-order valence-electron chi connectivity index (χ4n) is 2.06. The fraction of sp³-hybridized carbons (Fsp3) is 0.267. The third-order valence-electron chi connectivity index (χ3n) is 3.10. The number of nitrogens with one attached hydrogen (secondary N) is 1. The van der Waals surface area contributed by atoms with Gasteiger partial charge in [-0.1, -0.05) is 25.1 Å². The summed E-state index contributed by atoms with van der Waals surface area (Å²) in [6.45, 7) is 5.69. The summed E-state index contributed by atoms with van der Waals surface area (Å²) in [6, 6.07) is 7.80. The van der Waals surface area contributed by atoms with E-state index < -0.39 is 0 Å². The third kappa shape index (κ3) is 2.78. The number of benzene rings is 1. The summed E-state index contributed by atoms with van der Waals surface area (Å²) < 4.78 is 0. The van der Waals surface area contributed by atoms with Crippen molar-refractivity contribution in [1.29, 1.82) is 0 Å². The number of rotatable bonds is 3. The molecule has 0 saturated heterocycles. The second kappa shape index (κ2) is 5.61. The van der Waals surface area contributed by atoms with Gasteiger partial charge < -0.3 is 5.32 Å². The number of amides is 1. The fourth-order valence-corrected chi connectivity index (χ4v) is 2.06. The van der Waals surface area contributed by atoms with Crippen molar-refractivity contribution in [2.45, 2.75) is 27.2 Å². The molecule has 2 aromatic rings. The zero-order valence-electron chi connectivity index (χ0n) is 11.4. The van der Waals surface area contributed by atoms with Gasteiger partial charge in [-0.15, -0.1) is 0 Å². The Morgan fingerprint density at radius 2 is 1.79 bits per heavy atom. The number of hydrogen-bond acceptors (Lipinski definition) is 3. The lowest BCUT2D eigenvalue weighted by Gasteiger charge is -2.11. The molecule has 1 N–H and O–H groups in total. The predicted octanol–water partition coefficient (Wildman–Crippen LogP) is 2.91. The lowest BCUT2D eigenvalue weighted by atomic mass is 10.1. The topological polar surface area (TPSA) is 54.9 Å². The maximum absolute atomic E-state index is 12.3. The van der Waals surface area contributed by atoms with Crippen molar-refractivity contribution in [1.82, 2.24) is 9.97 Å². The largest absolute Gasteiger partial charge is 0.322 e. The van der Waals surface area contributed by atoms with Gasteiger partial charge in [0, 0.05) is 5.69 Å². The van der Waals surface area contributed by atoms with Crippen molar-refractivity contribution in [2.75, 3.05) is 5.32 Å². The highest BCUT2D eigenvalue weighted by Crippen LogP contribution is 2.18. The molecule has 0 radical (unpaired) electrons. The highest BCUT2D eigenvalue weighted by Gasteiger charge is 2.15. The minimum Gasteiger partial charge on any atom is -0.322 e. The number of anilines is 1. The van der Waals surface area contributed by atoms with Gasteiger partial charge in [-0.25, -0.2) is 9.97 Å². The van der Waals surface area contributed by atoms with Gasteiger partial charge in [0.1, 0.15) is 6.33 Å². The summed E-state index contributed by atoms with van der Waals surface area (Å²) >= 11 is 0. The second-order valence-electron chi connectivity index (χ2n) is 4.38. The zero-order chi connectivity index (χ0) is 13.8. The molecule has 0 unspecified atom stereocenters. The molecular formula is C15H17N3O. The Morgan fingerprint density at radius 3 is 2.42 bits per heavy atom. The van der Waals surface area contributed by atoms with Crippen LogP contribution in [0.25, 0.3) is 0 Å². The molecular weight excluding hydrogens is 238 g/mol. The molecule has 1 aromatic heterocycles. The van der Waals surface area contributed by atoms with Crippen molar-refractivity contribution in [2.24, 2.45) is 0 Å². The Kier molecular flexibility index (Phi) is 3.90. The van der Waals surface area contributed by atoms with Gasteiger partial charge in [0.05, 0.1) is 17.0 Å². The first-order chi connectivity index (χ1) is 9.13. The van der Waals surface area contributed by atoms with Crippen LogP contribution in [0.2, 0.25) is 0 Å². The number of para-hydroxylation sites is 1. The molecule has 0 spiro atoms. The van der Waals surface area contributed by atoms with Crippen LogP contribution in [-0.4, -0.2) is 15.9 Å². The number of nitrogens with zero attached hydrogens (tertiary/aromatic N) is 2. The first kappa shape index (κ1) is 13.2. The predicted molar refractivity (Wildman–Crippen MR) is 75.3 cm³/mol. The van der Waals surface area contributed by atoms with Crippen LogP contribution in [0.5, 0.6) is 0 Å². The van der Waals surface area contributed by atoms with Crippen LogP contribution >= 0.6 is 0 Å². The maximum atomic E-state index is 12.3. The van der Waals surface area contributed by atoms with Gasteiger partial charge in [-0.2, -0.15) is 0 Å².